The Hall–Kier alpha value is -2.82. The first-order valence-electron chi connectivity index (χ1n) is 8.26. The zero-order chi connectivity index (χ0) is 17.8. The second-order valence-corrected chi connectivity index (χ2v) is 5.82. The normalized spacial score (nSPS) is 19.6. The van der Waals surface area contributed by atoms with Gasteiger partial charge in [-0.1, -0.05) is 30.3 Å². The van der Waals surface area contributed by atoms with E-state index in [1.54, 1.807) is 19.1 Å². The molecule has 2 heterocycles. The molecule has 0 fully saturated rings. The minimum atomic E-state index is -0.775. The zero-order valence-corrected chi connectivity index (χ0v) is 14.2. The van der Waals surface area contributed by atoms with Crippen LogP contribution in [0.5, 0.6) is 0 Å². The van der Waals surface area contributed by atoms with Crippen molar-refractivity contribution in [2.24, 2.45) is 0 Å². The Morgan fingerprint density at radius 2 is 1.88 bits per heavy atom. The molecule has 0 aliphatic carbocycles. The van der Waals surface area contributed by atoms with Gasteiger partial charge >= 0.3 is 0 Å². The quantitative estimate of drug-likeness (QED) is 0.565. The molecule has 1 aliphatic rings. The number of benzene rings is 1. The third kappa shape index (κ3) is 3.50. The van der Waals surface area contributed by atoms with Crippen molar-refractivity contribution in [2.45, 2.75) is 32.3 Å². The van der Waals surface area contributed by atoms with Crippen LogP contribution in [0.3, 0.4) is 0 Å². The lowest BCUT2D eigenvalue weighted by molar-refractivity contribution is -0.127. The van der Waals surface area contributed by atoms with Crippen molar-refractivity contribution in [1.29, 1.82) is 0 Å². The van der Waals surface area contributed by atoms with Gasteiger partial charge in [-0.15, -0.1) is 0 Å². The summed E-state index contributed by atoms with van der Waals surface area (Å²) in [5, 5.41) is 0. The number of carbonyl (C=O) groups excluding carboxylic acids is 2. The standard InChI is InChI=1S/C20H20O5/c1-3-23-19-13(2)25-20(18(19)14-8-5-4-6-9-14)16(22)12-15(21)17-10-7-11-24-17/h4-11,18,20H,3,12H2,1-2H3/t18-,20+/m1/s1. The molecule has 2 atom stereocenters. The van der Waals surface area contributed by atoms with Crippen LogP contribution >= 0.6 is 0 Å². The van der Waals surface area contributed by atoms with E-state index in [1.165, 1.54) is 6.26 Å². The first-order valence-corrected chi connectivity index (χ1v) is 8.26. The molecule has 3 rings (SSSR count). The summed E-state index contributed by atoms with van der Waals surface area (Å²) in [6.45, 7) is 4.14. The minimum Gasteiger partial charge on any atom is -0.494 e. The highest BCUT2D eigenvalue weighted by molar-refractivity contribution is 6.08. The molecular weight excluding hydrogens is 320 g/mol. The van der Waals surface area contributed by atoms with Crippen LogP contribution in [0.4, 0.5) is 0 Å². The molecule has 2 aromatic rings. The maximum atomic E-state index is 12.8. The van der Waals surface area contributed by atoms with E-state index in [9.17, 15) is 9.59 Å². The largest absolute Gasteiger partial charge is 0.494 e. The van der Waals surface area contributed by atoms with Crippen molar-refractivity contribution in [3.8, 4) is 0 Å². The number of hydrogen-bond acceptors (Lipinski definition) is 5. The molecule has 1 aliphatic heterocycles. The summed E-state index contributed by atoms with van der Waals surface area (Å²) < 4.78 is 16.6. The van der Waals surface area contributed by atoms with Gasteiger partial charge in [0.1, 0.15) is 11.5 Å². The molecule has 25 heavy (non-hydrogen) atoms. The molecule has 0 unspecified atom stereocenters. The third-order valence-electron chi connectivity index (χ3n) is 4.14. The van der Waals surface area contributed by atoms with E-state index < -0.39 is 6.10 Å². The second-order valence-electron chi connectivity index (χ2n) is 5.82. The molecule has 5 nitrogen and oxygen atoms in total. The summed E-state index contributed by atoms with van der Waals surface area (Å²) in [5.41, 5.74) is 0.923. The molecule has 0 bridgehead atoms. The van der Waals surface area contributed by atoms with E-state index in [0.29, 0.717) is 18.1 Å². The van der Waals surface area contributed by atoms with Crippen LogP contribution in [0.1, 0.15) is 42.3 Å². The topological polar surface area (TPSA) is 65.7 Å². The Morgan fingerprint density at radius 1 is 1.12 bits per heavy atom. The fourth-order valence-corrected chi connectivity index (χ4v) is 3.04. The Bertz CT molecular complexity index is 774. The van der Waals surface area contributed by atoms with Crippen molar-refractivity contribution in [2.75, 3.05) is 6.61 Å². The van der Waals surface area contributed by atoms with Gasteiger partial charge < -0.3 is 13.9 Å². The summed E-state index contributed by atoms with van der Waals surface area (Å²) in [7, 11) is 0. The molecule has 130 valence electrons. The van der Waals surface area contributed by atoms with E-state index in [0.717, 1.165) is 5.56 Å². The van der Waals surface area contributed by atoms with Crippen LogP contribution in [0, 0.1) is 0 Å². The van der Waals surface area contributed by atoms with Crippen molar-refractivity contribution in [3.05, 3.63) is 71.6 Å². The number of rotatable bonds is 7. The first kappa shape index (κ1) is 17.0. The van der Waals surface area contributed by atoms with Crippen LogP contribution in [0.15, 0.2) is 64.7 Å². The monoisotopic (exact) mass is 340 g/mol. The van der Waals surface area contributed by atoms with Crippen LogP contribution in [0.2, 0.25) is 0 Å². The molecule has 0 N–H and O–H groups in total. The summed E-state index contributed by atoms with van der Waals surface area (Å²) in [6, 6.07) is 12.8. The maximum absolute atomic E-state index is 12.8. The van der Waals surface area contributed by atoms with Crippen LogP contribution in [-0.2, 0) is 14.3 Å². The fourth-order valence-electron chi connectivity index (χ4n) is 3.04. The van der Waals surface area contributed by atoms with Gasteiger partial charge in [0.05, 0.1) is 25.2 Å². The molecule has 5 heteroatoms. The van der Waals surface area contributed by atoms with Crippen molar-refractivity contribution < 1.29 is 23.5 Å². The van der Waals surface area contributed by atoms with Gasteiger partial charge in [-0.05, 0) is 31.5 Å². The Kier molecular flexibility index (Phi) is 5.03. The summed E-state index contributed by atoms with van der Waals surface area (Å²) >= 11 is 0. The third-order valence-corrected chi connectivity index (χ3v) is 4.14. The average molecular weight is 340 g/mol. The van der Waals surface area contributed by atoms with Gasteiger partial charge in [-0.3, -0.25) is 9.59 Å². The molecule has 0 spiro atoms. The van der Waals surface area contributed by atoms with Gasteiger partial charge in [0, 0.05) is 0 Å². The van der Waals surface area contributed by atoms with E-state index in [-0.39, 0.29) is 29.7 Å². The molecule has 1 aromatic heterocycles. The number of ether oxygens (including phenoxy) is 2. The lowest BCUT2D eigenvalue weighted by Crippen LogP contribution is -2.29. The lowest BCUT2D eigenvalue weighted by Gasteiger charge is -2.20. The zero-order valence-electron chi connectivity index (χ0n) is 14.2. The number of furan rings is 1. The summed E-state index contributed by atoms with van der Waals surface area (Å²) in [5.74, 6) is 0.421. The van der Waals surface area contributed by atoms with E-state index in [1.807, 2.05) is 37.3 Å². The highest BCUT2D eigenvalue weighted by atomic mass is 16.5. The first-order chi connectivity index (χ1) is 12.1. The SMILES string of the molecule is CCOC1=C(C)O[C@@H](C(=O)CC(=O)c2ccco2)[C@@H]1c1ccccc1. The van der Waals surface area contributed by atoms with E-state index >= 15 is 0 Å². The molecule has 0 saturated heterocycles. The van der Waals surface area contributed by atoms with Crippen molar-refractivity contribution in [3.63, 3.8) is 0 Å². The number of carbonyl (C=O) groups is 2. The van der Waals surface area contributed by atoms with Gasteiger partial charge in [-0.2, -0.15) is 0 Å². The highest BCUT2D eigenvalue weighted by Crippen LogP contribution is 2.40. The molecule has 1 aromatic carbocycles. The Labute approximate surface area is 146 Å². The predicted octanol–water partition coefficient (Wildman–Crippen LogP) is 3.87. The molecular formula is C20H20O5. The van der Waals surface area contributed by atoms with E-state index in [4.69, 9.17) is 13.9 Å². The van der Waals surface area contributed by atoms with Gasteiger partial charge in [0.2, 0.25) is 5.78 Å². The number of Topliss-reactive ketones (excluding diaryl/α,β-unsaturated/α-hetero) is 2. The fraction of sp³-hybridized carbons (Fsp3) is 0.300. The van der Waals surface area contributed by atoms with E-state index in [2.05, 4.69) is 0 Å². The average Bonchev–Trinajstić information content (AvgIpc) is 3.25. The summed E-state index contributed by atoms with van der Waals surface area (Å²) in [6.07, 6.45) is 0.367. The maximum Gasteiger partial charge on any atom is 0.205 e. The highest BCUT2D eigenvalue weighted by Gasteiger charge is 2.42. The molecule has 0 amide bonds. The lowest BCUT2D eigenvalue weighted by atomic mass is 9.89. The van der Waals surface area contributed by atoms with Gasteiger partial charge in [0.25, 0.3) is 0 Å². The van der Waals surface area contributed by atoms with Crippen LogP contribution in [0.25, 0.3) is 0 Å². The Morgan fingerprint density at radius 3 is 2.52 bits per heavy atom. The molecule has 0 saturated carbocycles. The van der Waals surface area contributed by atoms with Crippen molar-refractivity contribution >= 4 is 11.6 Å². The van der Waals surface area contributed by atoms with Gasteiger partial charge in [-0.25, -0.2) is 0 Å². The number of hydrogen-bond donors (Lipinski definition) is 0. The summed E-state index contributed by atoms with van der Waals surface area (Å²) in [4.78, 5) is 25.0. The van der Waals surface area contributed by atoms with Gasteiger partial charge in [0.15, 0.2) is 17.6 Å². The minimum absolute atomic E-state index is 0.178. The second kappa shape index (κ2) is 7.38. The predicted molar refractivity (Wildman–Crippen MR) is 91.0 cm³/mol. The Balaban J connectivity index is 1.84. The van der Waals surface area contributed by atoms with Crippen molar-refractivity contribution in [1.82, 2.24) is 0 Å². The molecule has 0 radical (unpaired) electrons. The number of ketones is 2. The van der Waals surface area contributed by atoms with Crippen LogP contribution < -0.4 is 0 Å². The number of allylic oxidation sites excluding steroid dienone is 1. The smallest absolute Gasteiger partial charge is 0.205 e. The van der Waals surface area contributed by atoms with Crippen LogP contribution in [-0.4, -0.2) is 24.3 Å².